The summed E-state index contributed by atoms with van der Waals surface area (Å²) in [6, 6.07) is 4.96. The molecule has 21 heavy (non-hydrogen) atoms. The van der Waals surface area contributed by atoms with Gasteiger partial charge in [-0.05, 0) is 23.4 Å². The summed E-state index contributed by atoms with van der Waals surface area (Å²) in [5.41, 5.74) is 0.762. The van der Waals surface area contributed by atoms with Gasteiger partial charge in [-0.25, -0.2) is 14.8 Å². The van der Waals surface area contributed by atoms with E-state index >= 15 is 0 Å². The summed E-state index contributed by atoms with van der Waals surface area (Å²) in [5.74, 6) is 0.373. The van der Waals surface area contributed by atoms with Gasteiger partial charge in [0.15, 0.2) is 0 Å². The lowest BCUT2D eigenvalue weighted by Crippen LogP contribution is -2.43. The van der Waals surface area contributed by atoms with Gasteiger partial charge in [-0.3, -0.25) is 5.32 Å². The van der Waals surface area contributed by atoms with Crippen LogP contribution in [0.1, 0.15) is 13.8 Å². The van der Waals surface area contributed by atoms with Crippen molar-refractivity contribution in [1.29, 1.82) is 0 Å². The number of amides is 2. The highest BCUT2D eigenvalue weighted by atomic mass is 32.1. The first-order chi connectivity index (χ1) is 10.1. The van der Waals surface area contributed by atoms with Crippen molar-refractivity contribution in [1.82, 2.24) is 15.3 Å². The maximum Gasteiger partial charge on any atom is 0.321 e. The average Bonchev–Trinajstić information content (AvgIpc) is 2.99. The van der Waals surface area contributed by atoms with Crippen molar-refractivity contribution in [2.75, 3.05) is 11.9 Å². The predicted octanol–water partition coefficient (Wildman–Crippen LogP) is 2.34. The zero-order valence-electron chi connectivity index (χ0n) is 11.9. The van der Waals surface area contributed by atoms with Crippen LogP contribution in [0.2, 0.25) is 0 Å². The Morgan fingerprint density at radius 2 is 2.24 bits per heavy atom. The SMILES string of the molecule is CC(C)[C@@H](CO)NC(=O)Nc1nccc(-c2cccs2)n1. The van der Waals surface area contributed by atoms with Crippen molar-refractivity contribution in [3.05, 3.63) is 29.8 Å². The number of aliphatic hydroxyl groups is 1. The highest BCUT2D eigenvalue weighted by Crippen LogP contribution is 2.22. The molecule has 6 nitrogen and oxygen atoms in total. The fourth-order valence-electron chi connectivity index (χ4n) is 1.71. The number of hydrogen-bond donors (Lipinski definition) is 3. The Balaban J connectivity index is 2.03. The fourth-order valence-corrected chi connectivity index (χ4v) is 2.40. The minimum Gasteiger partial charge on any atom is -0.394 e. The number of hydrogen-bond acceptors (Lipinski definition) is 5. The highest BCUT2D eigenvalue weighted by Gasteiger charge is 2.15. The molecule has 112 valence electrons. The standard InChI is InChI=1S/C14H18N4O2S/c1-9(2)11(8-19)17-14(20)18-13-15-6-5-10(16-13)12-4-3-7-21-12/h3-7,9,11,19H,8H2,1-2H3,(H2,15,16,17,18,20)/t11-/m1/s1. The molecule has 0 aliphatic heterocycles. The summed E-state index contributed by atoms with van der Waals surface area (Å²) in [5, 5.41) is 16.4. The lowest BCUT2D eigenvalue weighted by Gasteiger charge is -2.19. The number of carbonyl (C=O) groups is 1. The van der Waals surface area contributed by atoms with Crippen LogP contribution in [0.25, 0.3) is 10.6 Å². The Labute approximate surface area is 127 Å². The summed E-state index contributed by atoms with van der Waals surface area (Å²) in [4.78, 5) is 21.2. The van der Waals surface area contributed by atoms with E-state index in [4.69, 9.17) is 0 Å². The normalized spacial score (nSPS) is 12.2. The summed E-state index contributed by atoms with van der Waals surface area (Å²) >= 11 is 1.57. The van der Waals surface area contributed by atoms with E-state index < -0.39 is 6.03 Å². The van der Waals surface area contributed by atoms with Gasteiger partial charge in [0.05, 0.1) is 23.2 Å². The number of nitrogens with zero attached hydrogens (tertiary/aromatic N) is 2. The first-order valence-electron chi connectivity index (χ1n) is 6.65. The number of rotatable bonds is 5. The molecule has 0 aliphatic carbocycles. The van der Waals surface area contributed by atoms with Gasteiger partial charge in [0.2, 0.25) is 5.95 Å². The molecule has 2 heterocycles. The summed E-state index contributed by atoms with van der Waals surface area (Å²) in [6.45, 7) is 3.74. The first kappa shape index (κ1) is 15.4. The van der Waals surface area contributed by atoms with Crippen molar-refractivity contribution in [2.45, 2.75) is 19.9 Å². The highest BCUT2D eigenvalue weighted by molar-refractivity contribution is 7.13. The van der Waals surface area contributed by atoms with Crippen molar-refractivity contribution >= 4 is 23.3 Å². The fraction of sp³-hybridized carbons (Fsp3) is 0.357. The van der Waals surface area contributed by atoms with Crippen LogP contribution < -0.4 is 10.6 Å². The number of carbonyl (C=O) groups excluding carboxylic acids is 1. The van der Waals surface area contributed by atoms with E-state index in [0.29, 0.717) is 0 Å². The minimum absolute atomic E-state index is 0.110. The largest absolute Gasteiger partial charge is 0.394 e. The maximum atomic E-state index is 11.9. The number of anilines is 1. The lowest BCUT2D eigenvalue weighted by molar-refractivity contribution is 0.204. The zero-order valence-corrected chi connectivity index (χ0v) is 12.7. The van der Waals surface area contributed by atoms with Crippen LogP contribution in [0.15, 0.2) is 29.8 Å². The van der Waals surface area contributed by atoms with Gasteiger partial charge in [0.25, 0.3) is 0 Å². The molecular formula is C14H18N4O2S. The van der Waals surface area contributed by atoms with Gasteiger partial charge in [0, 0.05) is 6.20 Å². The van der Waals surface area contributed by atoms with Crippen molar-refractivity contribution in [3.8, 4) is 10.6 Å². The number of aromatic nitrogens is 2. The van der Waals surface area contributed by atoms with Crippen LogP contribution in [0.5, 0.6) is 0 Å². The monoisotopic (exact) mass is 306 g/mol. The van der Waals surface area contributed by atoms with E-state index in [1.54, 1.807) is 23.6 Å². The summed E-state index contributed by atoms with van der Waals surface area (Å²) in [6.07, 6.45) is 1.60. The predicted molar refractivity (Wildman–Crippen MR) is 83.2 cm³/mol. The molecule has 0 saturated carbocycles. The second-order valence-electron chi connectivity index (χ2n) is 4.87. The topological polar surface area (TPSA) is 87.1 Å². The molecule has 3 N–H and O–H groups in total. The molecule has 0 saturated heterocycles. The number of aliphatic hydroxyl groups excluding tert-OH is 1. The molecule has 0 bridgehead atoms. The van der Waals surface area contributed by atoms with Gasteiger partial charge in [-0.2, -0.15) is 0 Å². The zero-order chi connectivity index (χ0) is 15.2. The second-order valence-corrected chi connectivity index (χ2v) is 5.82. The van der Waals surface area contributed by atoms with Gasteiger partial charge in [-0.1, -0.05) is 19.9 Å². The molecule has 2 aromatic heterocycles. The van der Waals surface area contributed by atoms with Crippen molar-refractivity contribution < 1.29 is 9.90 Å². The molecule has 0 aliphatic rings. The number of urea groups is 1. The van der Waals surface area contributed by atoms with Gasteiger partial charge >= 0.3 is 6.03 Å². The van der Waals surface area contributed by atoms with Crippen LogP contribution in [0, 0.1) is 5.92 Å². The molecule has 0 fully saturated rings. The van der Waals surface area contributed by atoms with Crippen LogP contribution in [0.4, 0.5) is 10.7 Å². The third-order valence-electron chi connectivity index (χ3n) is 2.97. The Kier molecular flexibility index (Phi) is 5.24. The van der Waals surface area contributed by atoms with Crippen LogP contribution in [-0.4, -0.2) is 33.8 Å². The lowest BCUT2D eigenvalue weighted by atomic mass is 10.1. The van der Waals surface area contributed by atoms with E-state index in [-0.39, 0.29) is 24.5 Å². The average molecular weight is 306 g/mol. The molecule has 0 spiro atoms. The van der Waals surface area contributed by atoms with Crippen LogP contribution in [0.3, 0.4) is 0 Å². The van der Waals surface area contributed by atoms with E-state index in [2.05, 4.69) is 20.6 Å². The molecular weight excluding hydrogens is 288 g/mol. The van der Waals surface area contributed by atoms with E-state index in [1.165, 1.54) is 0 Å². The Morgan fingerprint density at radius 3 is 2.86 bits per heavy atom. The maximum absolute atomic E-state index is 11.9. The van der Waals surface area contributed by atoms with E-state index in [0.717, 1.165) is 10.6 Å². The van der Waals surface area contributed by atoms with Crippen LogP contribution >= 0.6 is 11.3 Å². The van der Waals surface area contributed by atoms with E-state index in [9.17, 15) is 9.90 Å². The molecule has 2 aromatic rings. The molecule has 0 aromatic carbocycles. The Morgan fingerprint density at radius 1 is 1.43 bits per heavy atom. The number of nitrogens with one attached hydrogen (secondary N) is 2. The third-order valence-corrected chi connectivity index (χ3v) is 3.86. The Hall–Kier alpha value is -1.99. The molecule has 2 rings (SSSR count). The molecule has 7 heteroatoms. The summed E-state index contributed by atoms with van der Waals surface area (Å²) in [7, 11) is 0. The van der Waals surface area contributed by atoms with Gasteiger partial charge in [-0.15, -0.1) is 11.3 Å². The number of thiophene rings is 1. The second kappa shape index (κ2) is 7.14. The Bertz CT molecular complexity index is 586. The smallest absolute Gasteiger partial charge is 0.321 e. The first-order valence-corrected chi connectivity index (χ1v) is 7.53. The molecule has 0 radical (unpaired) electrons. The minimum atomic E-state index is -0.425. The van der Waals surface area contributed by atoms with E-state index in [1.807, 2.05) is 31.4 Å². The molecule has 0 unspecified atom stereocenters. The van der Waals surface area contributed by atoms with Gasteiger partial charge in [0.1, 0.15) is 0 Å². The quantitative estimate of drug-likeness (QED) is 0.791. The molecule has 2 amide bonds. The van der Waals surface area contributed by atoms with Crippen molar-refractivity contribution in [3.63, 3.8) is 0 Å². The van der Waals surface area contributed by atoms with Crippen LogP contribution in [-0.2, 0) is 0 Å². The third kappa shape index (κ3) is 4.24. The van der Waals surface area contributed by atoms with Crippen molar-refractivity contribution in [2.24, 2.45) is 5.92 Å². The van der Waals surface area contributed by atoms with Gasteiger partial charge < -0.3 is 10.4 Å². The summed E-state index contributed by atoms with van der Waals surface area (Å²) < 4.78 is 0. The molecule has 1 atom stereocenters.